The normalized spacial score (nSPS) is 10.9. The summed E-state index contributed by atoms with van der Waals surface area (Å²) in [6.07, 6.45) is 2.38. The number of nitrogens with zero attached hydrogens (tertiary/aromatic N) is 3. The molecule has 0 unspecified atom stereocenters. The summed E-state index contributed by atoms with van der Waals surface area (Å²) in [5, 5.41) is 2.85. The van der Waals surface area contributed by atoms with E-state index in [9.17, 15) is 4.79 Å². The number of carbonyl (C=O) groups is 1. The van der Waals surface area contributed by atoms with E-state index in [1.807, 2.05) is 13.0 Å². The van der Waals surface area contributed by atoms with Crippen molar-refractivity contribution in [2.75, 3.05) is 5.32 Å². The van der Waals surface area contributed by atoms with Gasteiger partial charge in [-0.1, -0.05) is 18.5 Å². The summed E-state index contributed by atoms with van der Waals surface area (Å²) >= 11 is 7.44. The van der Waals surface area contributed by atoms with E-state index in [1.54, 1.807) is 6.07 Å². The number of fused-ring (bicyclic) bond motifs is 1. The fourth-order valence-corrected chi connectivity index (χ4v) is 2.77. The highest BCUT2D eigenvalue weighted by molar-refractivity contribution is 7.14. The first-order valence-corrected chi connectivity index (χ1v) is 7.13. The van der Waals surface area contributed by atoms with E-state index in [-0.39, 0.29) is 17.0 Å². The van der Waals surface area contributed by atoms with Gasteiger partial charge in [-0.05, 0) is 18.6 Å². The lowest BCUT2D eigenvalue weighted by Gasteiger charge is -2.02. The number of carbonyl (C=O) groups excluding carboxylic acids is 1. The Balaban J connectivity index is 1.86. The molecule has 1 amide bonds. The molecule has 3 rings (SSSR count). The monoisotopic (exact) mass is 307 g/mol. The van der Waals surface area contributed by atoms with Gasteiger partial charge in [0.15, 0.2) is 10.8 Å². The fourth-order valence-electron chi connectivity index (χ4n) is 1.71. The predicted octanol–water partition coefficient (Wildman–Crippen LogP) is 2.88. The maximum Gasteiger partial charge on any atom is 0.268 e. The lowest BCUT2D eigenvalue weighted by molar-refractivity contribution is 0.102. The molecule has 0 fully saturated rings. The van der Waals surface area contributed by atoms with Crippen LogP contribution in [-0.2, 0) is 6.42 Å². The summed E-state index contributed by atoms with van der Waals surface area (Å²) in [6, 6.07) is 3.72. The number of thiophene rings is 1. The molecule has 0 radical (unpaired) electrons. The molecule has 0 aliphatic rings. The number of aromatic nitrogens is 4. The number of hydrogen-bond acceptors (Lipinski definition) is 5. The number of nitrogens with one attached hydrogen (secondary N) is 2. The highest BCUT2D eigenvalue weighted by Gasteiger charge is 2.13. The third kappa shape index (κ3) is 2.37. The van der Waals surface area contributed by atoms with Crippen molar-refractivity contribution in [1.82, 2.24) is 19.9 Å². The van der Waals surface area contributed by atoms with Crippen LogP contribution in [0.3, 0.4) is 0 Å². The second-order valence-corrected chi connectivity index (χ2v) is 5.54. The van der Waals surface area contributed by atoms with E-state index in [4.69, 9.17) is 11.6 Å². The van der Waals surface area contributed by atoms with E-state index >= 15 is 0 Å². The molecule has 0 spiro atoms. The number of anilines is 1. The van der Waals surface area contributed by atoms with E-state index < -0.39 is 0 Å². The standard InChI is InChI=1S/C12H10ClN5OS/c1-2-6-3-4-7(20-6)11(19)18-12-16-9(13)8-10(17-12)15-5-14-8/h3-5H,2H2,1H3,(H2,14,15,16,17,18,19). The van der Waals surface area contributed by atoms with Gasteiger partial charge in [-0.2, -0.15) is 9.97 Å². The molecule has 3 aromatic heterocycles. The minimum atomic E-state index is -0.249. The summed E-state index contributed by atoms with van der Waals surface area (Å²) in [5.74, 6) is -0.105. The molecule has 3 aromatic rings. The number of aryl methyl sites for hydroxylation is 1. The van der Waals surface area contributed by atoms with Crippen LogP contribution in [0.5, 0.6) is 0 Å². The predicted molar refractivity (Wildman–Crippen MR) is 78.3 cm³/mol. The van der Waals surface area contributed by atoms with E-state index in [2.05, 4.69) is 25.3 Å². The molecule has 0 aliphatic carbocycles. The zero-order chi connectivity index (χ0) is 14.1. The molecule has 20 heavy (non-hydrogen) atoms. The van der Waals surface area contributed by atoms with E-state index in [0.717, 1.165) is 11.3 Å². The third-order valence-electron chi connectivity index (χ3n) is 2.70. The van der Waals surface area contributed by atoms with Crippen LogP contribution in [0, 0.1) is 0 Å². The quantitative estimate of drug-likeness (QED) is 0.729. The van der Waals surface area contributed by atoms with Gasteiger partial charge < -0.3 is 4.98 Å². The zero-order valence-corrected chi connectivity index (χ0v) is 12.0. The van der Waals surface area contributed by atoms with Gasteiger partial charge in [0, 0.05) is 4.88 Å². The Morgan fingerprint density at radius 2 is 2.30 bits per heavy atom. The van der Waals surface area contributed by atoms with Gasteiger partial charge in [-0.3, -0.25) is 10.1 Å². The smallest absolute Gasteiger partial charge is 0.268 e. The molecular weight excluding hydrogens is 298 g/mol. The maximum atomic E-state index is 12.1. The summed E-state index contributed by atoms with van der Waals surface area (Å²) < 4.78 is 0. The molecule has 0 bridgehead atoms. The Morgan fingerprint density at radius 3 is 3.05 bits per heavy atom. The summed E-state index contributed by atoms with van der Waals surface area (Å²) in [6.45, 7) is 2.04. The van der Waals surface area contributed by atoms with Crippen molar-refractivity contribution in [3.63, 3.8) is 0 Å². The zero-order valence-electron chi connectivity index (χ0n) is 10.5. The van der Waals surface area contributed by atoms with Crippen LogP contribution in [0.15, 0.2) is 18.5 Å². The summed E-state index contributed by atoms with van der Waals surface area (Å²) in [5.41, 5.74) is 0.967. The third-order valence-corrected chi connectivity index (χ3v) is 4.20. The average molecular weight is 308 g/mol. The first kappa shape index (κ1) is 13.0. The number of halogens is 1. The van der Waals surface area contributed by atoms with Crippen molar-refractivity contribution >= 4 is 46.0 Å². The van der Waals surface area contributed by atoms with Gasteiger partial charge in [0.2, 0.25) is 5.95 Å². The van der Waals surface area contributed by atoms with Crippen molar-refractivity contribution < 1.29 is 4.79 Å². The first-order valence-electron chi connectivity index (χ1n) is 5.94. The molecule has 0 aromatic carbocycles. The van der Waals surface area contributed by atoms with Crippen LogP contribution in [0.1, 0.15) is 21.5 Å². The Morgan fingerprint density at radius 1 is 1.45 bits per heavy atom. The fraction of sp³-hybridized carbons (Fsp3) is 0.167. The van der Waals surface area contributed by atoms with E-state index in [1.165, 1.54) is 17.7 Å². The van der Waals surface area contributed by atoms with Crippen molar-refractivity contribution in [2.45, 2.75) is 13.3 Å². The molecule has 2 N–H and O–H groups in total. The molecule has 8 heteroatoms. The Bertz CT molecular complexity index is 781. The van der Waals surface area contributed by atoms with Gasteiger partial charge in [0.05, 0.1) is 11.2 Å². The van der Waals surface area contributed by atoms with Crippen LogP contribution < -0.4 is 5.32 Å². The second-order valence-electron chi connectivity index (χ2n) is 4.01. The SMILES string of the molecule is CCc1ccc(C(=O)Nc2nc(Cl)c3[nH]cnc3n2)s1. The van der Waals surface area contributed by atoms with Crippen LogP contribution in [-0.4, -0.2) is 25.8 Å². The summed E-state index contributed by atoms with van der Waals surface area (Å²) in [4.78, 5) is 28.8. The van der Waals surface area contributed by atoms with Crippen molar-refractivity contribution in [3.05, 3.63) is 33.4 Å². The topological polar surface area (TPSA) is 83.6 Å². The van der Waals surface area contributed by atoms with Crippen molar-refractivity contribution in [2.24, 2.45) is 0 Å². The molecule has 0 saturated heterocycles. The number of aromatic amines is 1. The molecule has 0 saturated carbocycles. The second kappa shape index (κ2) is 5.18. The minimum absolute atomic E-state index is 0.144. The summed E-state index contributed by atoms with van der Waals surface area (Å²) in [7, 11) is 0. The van der Waals surface area contributed by atoms with Crippen LogP contribution >= 0.6 is 22.9 Å². The molecule has 3 heterocycles. The van der Waals surface area contributed by atoms with Gasteiger partial charge in [0.25, 0.3) is 5.91 Å². The number of hydrogen-bond donors (Lipinski definition) is 2. The number of H-pyrrole nitrogens is 1. The first-order chi connectivity index (χ1) is 9.67. The minimum Gasteiger partial charge on any atom is -0.341 e. The van der Waals surface area contributed by atoms with Gasteiger partial charge in [-0.25, -0.2) is 4.98 Å². The lowest BCUT2D eigenvalue weighted by Crippen LogP contribution is -2.13. The Hall–Kier alpha value is -1.99. The van der Waals surface area contributed by atoms with Crippen LogP contribution in [0.2, 0.25) is 5.15 Å². The molecular formula is C12H10ClN5OS. The van der Waals surface area contributed by atoms with Crippen LogP contribution in [0.25, 0.3) is 11.2 Å². The van der Waals surface area contributed by atoms with Gasteiger partial charge in [-0.15, -0.1) is 11.3 Å². The van der Waals surface area contributed by atoms with Crippen molar-refractivity contribution in [3.8, 4) is 0 Å². The largest absolute Gasteiger partial charge is 0.341 e. The molecule has 102 valence electrons. The maximum absolute atomic E-state index is 12.1. The lowest BCUT2D eigenvalue weighted by atomic mass is 10.3. The van der Waals surface area contributed by atoms with Gasteiger partial charge >= 0.3 is 0 Å². The number of imidazole rings is 1. The highest BCUT2D eigenvalue weighted by Crippen LogP contribution is 2.20. The average Bonchev–Trinajstić information content (AvgIpc) is 3.07. The Kier molecular flexibility index (Phi) is 3.37. The molecule has 6 nitrogen and oxygen atoms in total. The van der Waals surface area contributed by atoms with E-state index in [0.29, 0.717) is 16.0 Å². The molecule has 0 aliphatic heterocycles. The van der Waals surface area contributed by atoms with Crippen LogP contribution in [0.4, 0.5) is 5.95 Å². The van der Waals surface area contributed by atoms with Crippen molar-refractivity contribution in [1.29, 1.82) is 0 Å². The number of rotatable bonds is 3. The Labute approximate surface area is 123 Å². The van der Waals surface area contributed by atoms with Gasteiger partial charge in [0.1, 0.15) is 5.52 Å². The molecule has 0 atom stereocenters. The number of amides is 1. The highest BCUT2D eigenvalue weighted by atomic mass is 35.5.